The van der Waals surface area contributed by atoms with Gasteiger partial charge in [-0.2, -0.15) is 11.3 Å². The fraction of sp³-hybridized carbons (Fsp3) is 0.308. The van der Waals surface area contributed by atoms with Crippen LogP contribution in [-0.4, -0.2) is 19.2 Å². The van der Waals surface area contributed by atoms with Crippen molar-refractivity contribution in [2.24, 2.45) is 0 Å². The van der Waals surface area contributed by atoms with E-state index in [9.17, 15) is 8.42 Å². The molecule has 19 heavy (non-hydrogen) atoms. The fourth-order valence-corrected chi connectivity index (χ4v) is 3.40. The molecule has 2 rings (SSSR count). The Hall–Kier alpha value is -1.24. The summed E-state index contributed by atoms with van der Waals surface area (Å²) in [6.45, 7) is 2.16. The van der Waals surface area contributed by atoms with E-state index < -0.39 is 10.0 Å². The predicted molar refractivity (Wildman–Crippen MR) is 78.5 cm³/mol. The predicted octanol–water partition coefficient (Wildman–Crippen LogP) is 2.64. The lowest BCUT2D eigenvalue weighted by Crippen LogP contribution is -2.25. The van der Waals surface area contributed by atoms with E-state index >= 15 is 0 Å². The Kier molecular flexibility index (Phi) is 4.68. The molecule has 0 aliphatic carbocycles. The minimum absolute atomic E-state index is 0.162. The van der Waals surface area contributed by atoms with Gasteiger partial charge >= 0.3 is 0 Å². The molecule has 6 heteroatoms. The molecule has 2 aromatic heterocycles. The topological polar surface area (TPSA) is 59.1 Å². The Morgan fingerprint density at radius 3 is 2.89 bits per heavy atom. The third-order valence-corrected chi connectivity index (χ3v) is 4.82. The summed E-state index contributed by atoms with van der Waals surface area (Å²) in [5, 5.41) is 4.01. The van der Waals surface area contributed by atoms with Gasteiger partial charge in [-0.05, 0) is 35.6 Å². The van der Waals surface area contributed by atoms with Crippen LogP contribution in [0.4, 0.5) is 0 Å². The Morgan fingerprint density at radius 1 is 1.37 bits per heavy atom. The van der Waals surface area contributed by atoms with Crippen LogP contribution in [0.2, 0.25) is 0 Å². The van der Waals surface area contributed by atoms with Crippen molar-refractivity contribution in [3.05, 3.63) is 40.7 Å². The molecule has 0 radical (unpaired) electrons. The fourth-order valence-electron chi connectivity index (χ4n) is 1.69. The zero-order valence-electron chi connectivity index (χ0n) is 10.7. The lowest BCUT2D eigenvalue weighted by Gasteiger charge is -2.06. The van der Waals surface area contributed by atoms with Gasteiger partial charge in [0.1, 0.15) is 0 Å². The average Bonchev–Trinajstić information content (AvgIpc) is 2.91. The molecule has 0 atom stereocenters. The normalized spacial score (nSPS) is 11.6. The first-order valence-corrected chi connectivity index (χ1v) is 8.65. The molecule has 4 nitrogen and oxygen atoms in total. The minimum atomic E-state index is -3.16. The van der Waals surface area contributed by atoms with Gasteiger partial charge in [0.05, 0.1) is 11.4 Å². The maximum atomic E-state index is 11.6. The number of nitrogens with zero attached hydrogens (tertiary/aromatic N) is 1. The Labute approximate surface area is 117 Å². The molecule has 0 unspecified atom stereocenters. The SMILES string of the molecule is CCCS(=O)(=O)NCc1ccnc(-c2ccsc2)c1. The molecule has 0 fully saturated rings. The van der Waals surface area contributed by atoms with Gasteiger partial charge in [-0.25, -0.2) is 13.1 Å². The highest BCUT2D eigenvalue weighted by molar-refractivity contribution is 7.89. The lowest BCUT2D eigenvalue weighted by molar-refractivity contribution is 0.580. The summed E-state index contributed by atoms with van der Waals surface area (Å²) in [7, 11) is -3.16. The second-order valence-corrected chi connectivity index (χ2v) is 6.91. The van der Waals surface area contributed by atoms with Crippen LogP contribution in [0.25, 0.3) is 11.3 Å². The van der Waals surface area contributed by atoms with Crippen LogP contribution in [-0.2, 0) is 16.6 Å². The van der Waals surface area contributed by atoms with Gasteiger partial charge in [-0.3, -0.25) is 4.98 Å². The van der Waals surface area contributed by atoms with Crippen molar-refractivity contribution in [1.82, 2.24) is 9.71 Å². The number of pyridine rings is 1. The Balaban J connectivity index is 2.08. The summed E-state index contributed by atoms with van der Waals surface area (Å²) in [5.74, 6) is 0.162. The molecule has 0 amide bonds. The third kappa shape index (κ3) is 4.12. The summed E-state index contributed by atoms with van der Waals surface area (Å²) in [5.41, 5.74) is 2.84. The highest BCUT2D eigenvalue weighted by Crippen LogP contribution is 2.20. The molecule has 0 bridgehead atoms. The van der Waals surface area contributed by atoms with Crippen LogP contribution in [0.1, 0.15) is 18.9 Å². The summed E-state index contributed by atoms with van der Waals surface area (Å²) in [6, 6.07) is 5.74. The zero-order chi connectivity index (χ0) is 13.7. The molecule has 0 aliphatic heterocycles. The van der Waals surface area contributed by atoms with Gasteiger partial charge in [0.25, 0.3) is 0 Å². The number of aromatic nitrogens is 1. The van der Waals surface area contributed by atoms with Crippen molar-refractivity contribution in [1.29, 1.82) is 0 Å². The van der Waals surface area contributed by atoms with Crippen molar-refractivity contribution < 1.29 is 8.42 Å². The van der Waals surface area contributed by atoms with Gasteiger partial charge in [0, 0.05) is 23.7 Å². The van der Waals surface area contributed by atoms with E-state index in [4.69, 9.17) is 0 Å². The van der Waals surface area contributed by atoms with Crippen molar-refractivity contribution >= 4 is 21.4 Å². The summed E-state index contributed by atoms with van der Waals surface area (Å²) in [6.07, 6.45) is 2.32. The van der Waals surface area contributed by atoms with Crippen LogP contribution in [0.15, 0.2) is 35.2 Å². The highest BCUT2D eigenvalue weighted by Gasteiger charge is 2.08. The van der Waals surface area contributed by atoms with Crippen LogP contribution >= 0.6 is 11.3 Å². The molecule has 0 saturated heterocycles. The minimum Gasteiger partial charge on any atom is -0.256 e. The first-order chi connectivity index (χ1) is 9.11. The van der Waals surface area contributed by atoms with E-state index in [1.165, 1.54) is 0 Å². The molecule has 2 aromatic rings. The molecule has 0 aliphatic rings. The van der Waals surface area contributed by atoms with Gasteiger partial charge < -0.3 is 0 Å². The number of nitrogens with one attached hydrogen (secondary N) is 1. The molecule has 0 saturated carbocycles. The molecule has 0 aromatic carbocycles. The monoisotopic (exact) mass is 296 g/mol. The third-order valence-electron chi connectivity index (χ3n) is 2.61. The number of thiophene rings is 1. The molecule has 102 valence electrons. The smallest absolute Gasteiger partial charge is 0.211 e. The summed E-state index contributed by atoms with van der Waals surface area (Å²) in [4.78, 5) is 4.29. The van der Waals surface area contributed by atoms with Gasteiger partial charge in [0.15, 0.2) is 0 Å². The second kappa shape index (κ2) is 6.27. The first-order valence-electron chi connectivity index (χ1n) is 6.05. The van der Waals surface area contributed by atoms with Gasteiger partial charge in [-0.15, -0.1) is 0 Å². The van der Waals surface area contributed by atoms with E-state index in [2.05, 4.69) is 9.71 Å². The van der Waals surface area contributed by atoms with Crippen molar-refractivity contribution in [2.45, 2.75) is 19.9 Å². The van der Waals surface area contributed by atoms with E-state index in [1.807, 2.05) is 35.9 Å². The van der Waals surface area contributed by atoms with Crippen molar-refractivity contribution in [3.8, 4) is 11.3 Å². The maximum absolute atomic E-state index is 11.6. The van der Waals surface area contributed by atoms with Crippen LogP contribution in [0.3, 0.4) is 0 Å². The van der Waals surface area contributed by atoms with Crippen molar-refractivity contribution in [3.63, 3.8) is 0 Å². The quantitative estimate of drug-likeness (QED) is 0.891. The van der Waals surface area contributed by atoms with Crippen LogP contribution in [0, 0.1) is 0 Å². The molecular weight excluding hydrogens is 280 g/mol. The lowest BCUT2D eigenvalue weighted by atomic mass is 10.1. The summed E-state index contributed by atoms with van der Waals surface area (Å²) < 4.78 is 25.8. The first kappa shape index (κ1) is 14.2. The molecular formula is C13H16N2O2S2. The van der Waals surface area contributed by atoms with Crippen molar-refractivity contribution in [2.75, 3.05) is 5.75 Å². The Bertz CT molecular complexity index is 622. The highest BCUT2D eigenvalue weighted by atomic mass is 32.2. The molecule has 0 spiro atoms. The van der Waals surface area contributed by atoms with Crippen LogP contribution < -0.4 is 4.72 Å². The van der Waals surface area contributed by atoms with Gasteiger partial charge in [0.2, 0.25) is 10.0 Å². The second-order valence-electron chi connectivity index (χ2n) is 4.20. The van der Waals surface area contributed by atoms with Crippen LogP contribution in [0.5, 0.6) is 0 Å². The van der Waals surface area contributed by atoms with E-state index in [0.717, 1.165) is 16.8 Å². The summed E-state index contributed by atoms with van der Waals surface area (Å²) >= 11 is 1.61. The van der Waals surface area contributed by atoms with E-state index in [-0.39, 0.29) is 5.75 Å². The number of rotatable bonds is 6. The largest absolute Gasteiger partial charge is 0.256 e. The molecule has 2 heterocycles. The number of sulfonamides is 1. The van der Waals surface area contributed by atoms with E-state index in [0.29, 0.717) is 13.0 Å². The Morgan fingerprint density at radius 2 is 2.21 bits per heavy atom. The number of hydrogen-bond acceptors (Lipinski definition) is 4. The molecule has 1 N–H and O–H groups in total. The zero-order valence-corrected chi connectivity index (χ0v) is 12.3. The maximum Gasteiger partial charge on any atom is 0.211 e. The standard InChI is InChI=1S/C13H16N2O2S2/c1-2-7-19(16,17)15-9-11-3-5-14-13(8-11)12-4-6-18-10-12/h3-6,8,10,15H,2,7,9H2,1H3. The number of hydrogen-bond donors (Lipinski definition) is 1. The van der Waals surface area contributed by atoms with E-state index in [1.54, 1.807) is 17.5 Å². The average molecular weight is 296 g/mol. The van der Waals surface area contributed by atoms with Gasteiger partial charge in [-0.1, -0.05) is 6.92 Å².